The Morgan fingerprint density at radius 3 is 2.26 bits per heavy atom. The highest BCUT2D eigenvalue weighted by Crippen LogP contribution is 2.30. The summed E-state index contributed by atoms with van der Waals surface area (Å²) in [6, 6.07) is 8.24. The van der Waals surface area contributed by atoms with Crippen molar-refractivity contribution in [1.29, 1.82) is 0 Å². The number of rotatable bonds is 2. The molecule has 19 heavy (non-hydrogen) atoms. The molecule has 1 N–H and O–H groups in total. The molecule has 0 unspecified atom stereocenters. The summed E-state index contributed by atoms with van der Waals surface area (Å²) in [5.41, 5.74) is 4.05. The van der Waals surface area contributed by atoms with Gasteiger partial charge in [-0.1, -0.05) is 24.3 Å². The van der Waals surface area contributed by atoms with Gasteiger partial charge in [-0.2, -0.15) is 0 Å². The van der Waals surface area contributed by atoms with E-state index in [-0.39, 0.29) is 5.56 Å². The highest BCUT2D eigenvalue weighted by molar-refractivity contribution is 5.96. The second-order valence-corrected chi connectivity index (χ2v) is 4.72. The van der Waals surface area contributed by atoms with Crippen LogP contribution in [0.15, 0.2) is 30.3 Å². The Bertz CT molecular complexity index is 660. The highest BCUT2D eigenvalue weighted by Gasteiger charge is 2.18. The molecule has 0 spiro atoms. The van der Waals surface area contributed by atoms with Gasteiger partial charge in [0.15, 0.2) is 0 Å². The van der Waals surface area contributed by atoms with Crippen LogP contribution in [0, 0.1) is 26.6 Å². The Hall–Kier alpha value is -2.16. The van der Waals surface area contributed by atoms with Crippen molar-refractivity contribution in [3.05, 3.63) is 58.4 Å². The molecule has 0 aliphatic heterocycles. The van der Waals surface area contributed by atoms with Gasteiger partial charge in [0.1, 0.15) is 11.4 Å². The quantitative estimate of drug-likeness (QED) is 0.879. The van der Waals surface area contributed by atoms with Gasteiger partial charge in [-0.25, -0.2) is 9.18 Å². The third kappa shape index (κ3) is 2.36. The summed E-state index contributed by atoms with van der Waals surface area (Å²) in [7, 11) is 0. The minimum absolute atomic E-state index is 0.270. The number of benzene rings is 2. The molecule has 2 rings (SSSR count). The van der Waals surface area contributed by atoms with Crippen molar-refractivity contribution < 1.29 is 14.3 Å². The Morgan fingerprint density at radius 1 is 1.00 bits per heavy atom. The maximum Gasteiger partial charge on any atom is 0.339 e. The number of carboxylic acids is 1. The van der Waals surface area contributed by atoms with Crippen molar-refractivity contribution in [2.24, 2.45) is 0 Å². The molecule has 0 aromatic heterocycles. The van der Waals surface area contributed by atoms with Crippen LogP contribution < -0.4 is 0 Å². The first-order valence-corrected chi connectivity index (χ1v) is 6.02. The van der Waals surface area contributed by atoms with E-state index in [1.165, 1.54) is 12.1 Å². The number of carbonyl (C=O) groups is 1. The minimum atomic E-state index is -1.24. The van der Waals surface area contributed by atoms with Gasteiger partial charge in [-0.15, -0.1) is 0 Å². The molecule has 2 aromatic rings. The monoisotopic (exact) mass is 258 g/mol. The Kier molecular flexibility index (Phi) is 3.38. The fraction of sp³-hybridized carbons (Fsp3) is 0.188. The van der Waals surface area contributed by atoms with Gasteiger partial charge in [-0.05, 0) is 54.7 Å². The summed E-state index contributed by atoms with van der Waals surface area (Å²) in [5.74, 6) is -1.95. The van der Waals surface area contributed by atoms with E-state index in [1.54, 1.807) is 6.07 Å². The van der Waals surface area contributed by atoms with Crippen LogP contribution in [0.5, 0.6) is 0 Å². The summed E-state index contributed by atoms with van der Waals surface area (Å²) in [6.07, 6.45) is 0. The molecule has 0 fully saturated rings. The van der Waals surface area contributed by atoms with Crippen LogP contribution in [0.1, 0.15) is 27.0 Å². The van der Waals surface area contributed by atoms with E-state index in [9.17, 15) is 14.3 Å². The highest BCUT2D eigenvalue weighted by atomic mass is 19.1. The summed E-state index contributed by atoms with van der Waals surface area (Å²) < 4.78 is 13.7. The zero-order valence-electron chi connectivity index (χ0n) is 11.1. The second-order valence-electron chi connectivity index (χ2n) is 4.72. The summed E-state index contributed by atoms with van der Waals surface area (Å²) in [5, 5.41) is 9.18. The molecule has 2 aromatic carbocycles. The van der Waals surface area contributed by atoms with Gasteiger partial charge in [0.05, 0.1) is 0 Å². The lowest BCUT2D eigenvalue weighted by atomic mass is 9.92. The fourth-order valence-corrected chi connectivity index (χ4v) is 2.22. The first-order chi connectivity index (χ1) is 8.91. The number of carboxylic acid groups (broad SMARTS) is 1. The van der Waals surface area contributed by atoms with Crippen LogP contribution in [0.4, 0.5) is 4.39 Å². The van der Waals surface area contributed by atoms with E-state index in [4.69, 9.17) is 0 Å². The predicted molar refractivity (Wildman–Crippen MR) is 73.0 cm³/mol. The third-order valence-corrected chi connectivity index (χ3v) is 3.36. The van der Waals surface area contributed by atoms with Crippen molar-refractivity contribution in [2.75, 3.05) is 0 Å². The molecule has 0 aliphatic carbocycles. The molecule has 0 saturated heterocycles. The van der Waals surface area contributed by atoms with Crippen molar-refractivity contribution in [1.82, 2.24) is 0 Å². The average Bonchev–Trinajstić information content (AvgIpc) is 2.33. The molecule has 0 heterocycles. The maximum atomic E-state index is 13.7. The van der Waals surface area contributed by atoms with Crippen molar-refractivity contribution in [3.8, 4) is 11.1 Å². The van der Waals surface area contributed by atoms with Crippen LogP contribution in [-0.4, -0.2) is 11.1 Å². The number of aromatic carboxylic acids is 1. The van der Waals surface area contributed by atoms with Gasteiger partial charge < -0.3 is 5.11 Å². The lowest BCUT2D eigenvalue weighted by molar-refractivity contribution is 0.0693. The molecule has 98 valence electrons. The number of hydrogen-bond acceptors (Lipinski definition) is 1. The lowest BCUT2D eigenvalue weighted by Crippen LogP contribution is -2.04. The predicted octanol–water partition coefficient (Wildman–Crippen LogP) is 4.12. The first kappa shape index (κ1) is 13.3. The third-order valence-electron chi connectivity index (χ3n) is 3.36. The smallest absolute Gasteiger partial charge is 0.339 e. The normalized spacial score (nSPS) is 10.5. The second kappa shape index (κ2) is 4.84. The Morgan fingerprint density at radius 2 is 1.63 bits per heavy atom. The fourth-order valence-electron chi connectivity index (χ4n) is 2.22. The van der Waals surface area contributed by atoms with Crippen molar-refractivity contribution >= 4 is 5.97 Å². The number of aryl methyl sites for hydroxylation is 3. The molecule has 2 nitrogen and oxygen atoms in total. The van der Waals surface area contributed by atoms with Gasteiger partial charge >= 0.3 is 5.97 Å². The summed E-state index contributed by atoms with van der Waals surface area (Å²) in [4.78, 5) is 11.2. The van der Waals surface area contributed by atoms with E-state index in [0.29, 0.717) is 5.56 Å². The van der Waals surface area contributed by atoms with Crippen molar-refractivity contribution in [3.63, 3.8) is 0 Å². The van der Waals surface area contributed by atoms with E-state index >= 15 is 0 Å². The van der Waals surface area contributed by atoms with E-state index in [2.05, 4.69) is 0 Å². The van der Waals surface area contributed by atoms with E-state index in [1.807, 2.05) is 32.9 Å². The van der Waals surface area contributed by atoms with Crippen LogP contribution in [0.3, 0.4) is 0 Å². The van der Waals surface area contributed by atoms with Crippen LogP contribution >= 0.6 is 0 Å². The first-order valence-electron chi connectivity index (χ1n) is 6.02. The topological polar surface area (TPSA) is 37.3 Å². The molecule has 0 saturated carbocycles. The standard InChI is InChI=1S/C16H15FO2/c1-9-7-11(3)13(8-10(9)2)12-5-4-6-14(17)15(12)16(18)19/h4-8H,1-3H3,(H,18,19). The lowest BCUT2D eigenvalue weighted by Gasteiger charge is -2.12. The van der Waals surface area contributed by atoms with Gasteiger partial charge in [0, 0.05) is 0 Å². The molecule has 0 radical (unpaired) electrons. The summed E-state index contributed by atoms with van der Waals surface area (Å²) in [6.45, 7) is 5.85. The molecular formula is C16H15FO2. The van der Waals surface area contributed by atoms with Crippen LogP contribution in [0.25, 0.3) is 11.1 Å². The molecular weight excluding hydrogens is 243 g/mol. The van der Waals surface area contributed by atoms with Gasteiger partial charge in [0.25, 0.3) is 0 Å². The van der Waals surface area contributed by atoms with Crippen molar-refractivity contribution in [2.45, 2.75) is 20.8 Å². The average molecular weight is 258 g/mol. The van der Waals surface area contributed by atoms with E-state index in [0.717, 1.165) is 22.3 Å². The summed E-state index contributed by atoms with van der Waals surface area (Å²) >= 11 is 0. The van der Waals surface area contributed by atoms with Gasteiger partial charge in [-0.3, -0.25) is 0 Å². The van der Waals surface area contributed by atoms with Crippen LogP contribution in [0.2, 0.25) is 0 Å². The number of hydrogen-bond donors (Lipinski definition) is 1. The molecule has 0 bridgehead atoms. The maximum absolute atomic E-state index is 13.7. The zero-order chi connectivity index (χ0) is 14.2. The zero-order valence-corrected chi connectivity index (χ0v) is 11.1. The SMILES string of the molecule is Cc1cc(C)c(-c2cccc(F)c2C(=O)O)cc1C. The molecule has 0 amide bonds. The van der Waals surface area contributed by atoms with Gasteiger partial charge in [0.2, 0.25) is 0 Å². The molecule has 0 atom stereocenters. The minimum Gasteiger partial charge on any atom is -0.478 e. The molecule has 3 heteroatoms. The molecule has 0 aliphatic rings. The van der Waals surface area contributed by atoms with E-state index < -0.39 is 11.8 Å². The Labute approximate surface area is 111 Å². The Balaban J connectivity index is 2.76. The van der Waals surface area contributed by atoms with Crippen LogP contribution in [-0.2, 0) is 0 Å². The number of halogens is 1. The largest absolute Gasteiger partial charge is 0.478 e.